The highest BCUT2D eigenvalue weighted by Gasteiger charge is 2.61. The number of piperidine rings is 1. The first kappa shape index (κ1) is 22.4. The predicted octanol–water partition coefficient (Wildman–Crippen LogP) is 7.35. The third kappa shape index (κ3) is 3.58. The minimum Gasteiger partial charge on any atom is -0.330 e. The molecule has 4 aliphatic rings. The summed E-state index contributed by atoms with van der Waals surface area (Å²) in [7, 11) is 0. The SMILES string of the molecule is CCC1C=C2NC(=O)CC[C@]2(C)[C@H]2CC[C@]3(C)[C@@H]([C@H](C)CCCC(C)C)CC[C@H]3[C@H]12. The summed E-state index contributed by atoms with van der Waals surface area (Å²) in [4.78, 5) is 12.1. The van der Waals surface area contributed by atoms with E-state index in [9.17, 15) is 4.79 Å². The second-order valence-electron chi connectivity index (χ2n) is 12.4. The van der Waals surface area contributed by atoms with Gasteiger partial charge in [0, 0.05) is 17.5 Å². The Hall–Kier alpha value is -0.790. The molecule has 0 aromatic heterocycles. The number of hydrogen-bond acceptors (Lipinski definition) is 1. The normalized spacial score (nSPS) is 44.0. The molecule has 0 radical (unpaired) electrons. The smallest absolute Gasteiger partial charge is 0.224 e. The zero-order valence-electron chi connectivity index (χ0n) is 20.6. The minimum absolute atomic E-state index is 0.201. The number of carbonyl (C=O) groups is 1. The quantitative estimate of drug-likeness (QED) is 0.484. The zero-order valence-corrected chi connectivity index (χ0v) is 20.6. The topological polar surface area (TPSA) is 29.1 Å². The van der Waals surface area contributed by atoms with Gasteiger partial charge >= 0.3 is 0 Å². The van der Waals surface area contributed by atoms with Crippen molar-refractivity contribution < 1.29 is 4.79 Å². The van der Waals surface area contributed by atoms with E-state index in [1.54, 1.807) is 0 Å². The first-order valence-electron chi connectivity index (χ1n) is 13.2. The van der Waals surface area contributed by atoms with Gasteiger partial charge in [0.15, 0.2) is 0 Å². The Balaban J connectivity index is 1.57. The van der Waals surface area contributed by atoms with Crippen LogP contribution in [0.25, 0.3) is 0 Å². The van der Waals surface area contributed by atoms with E-state index >= 15 is 0 Å². The van der Waals surface area contributed by atoms with Gasteiger partial charge in [-0.2, -0.15) is 0 Å². The maximum Gasteiger partial charge on any atom is 0.224 e. The number of fused-ring (bicyclic) bond motifs is 5. The number of hydrogen-bond donors (Lipinski definition) is 1. The molecule has 0 spiro atoms. The van der Waals surface area contributed by atoms with Crippen molar-refractivity contribution in [3.05, 3.63) is 11.8 Å². The molecule has 2 nitrogen and oxygen atoms in total. The van der Waals surface area contributed by atoms with Crippen molar-refractivity contribution in [1.29, 1.82) is 0 Å². The number of amides is 1. The van der Waals surface area contributed by atoms with Crippen molar-refractivity contribution in [1.82, 2.24) is 5.32 Å². The summed E-state index contributed by atoms with van der Waals surface area (Å²) < 4.78 is 0. The molecule has 8 atom stereocenters. The lowest BCUT2D eigenvalue weighted by molar-refractivity contribution is -0.126. The Bertz CT molecular complexity index is 680. The lowest BCUT2D eigenvalue weighted by Crippen LogP contribution is -2.55. The molecule has 2 saturated carbocycles. The molecule has 0 aromatic rings. The van der Waals surface area contributed by atoms with E-state index in [-0.39, 0.29) is 11.3 Å². The van der Waals surface area contributed by atoms with Crippen molar-refractivity contribution in [3.8, 4) is 0 Å². The molecule has 3 aliphatic carbocycles. The van der Waals surface area contributed by atoms with Gasteiger partial charge in [-0.1, -0.05) is 66.9 Å². The maximum atomic E-state index is 12.1. The molecule has 170 valence electrons. The lowest BCUT2D eigenvalue weighted by Gasteiger charge is -2.59. The summed E-state index contributed by atoms with van der Waals surface area (Å²) in [6.45, 7) is 14.8. The summed E-state index contributed by atoms with van der Waals surface area (Å²) in [6.07, 6.45) is 15.4. The molecule has 1 amide bonds. The van der Waals surface area contributed by atoms with Crippen LogP contribution in [0.15, 0.2) is 11.8 Å². The Morgan fingerprint density at radius 3 is 2.53 bits per heavy atom. The third-order valence-corrected chi connectivity index (χ3v) is 10.5. The molecule has 1 heterocycles. The van der Waals surface area contributed by atoms with Gasteiger partial charge in [0.25, 0.3) is 0 Å². The molecular formula is C28H47NO. The summed E-state index contributed by atoms with van der Waals surface area (Å²) in [5.41, 5.74) is 2.02. The van der Waals surface area contributed by atoms with Crippen molar-refractivity contribution >= 4 is 5.91 Å². The van der Waals surface area contributed by atoms with E-state index in [0.717, 1.165) is 41.9 Å². The molecular weight excluding hydrogens is 366 g/mol. The van der Waals surface area contributed by atoms with Crippen LogP contribution in [0.2, 0.25) is 0 Å². The van der Waals surface area contributed by atoms with Gasteiger partial charge in [-0.3, -0.25) is 4.79 Å². The van der Waals surface area contributed by atoms with Crippen LogP contribution in [0.3, 0.4) is 0 Å². The van der Waals surface area contributed by atoms with Crippen LogP contribution < -0.4 is 5.32 Å². The van der Waals surface area contributed by atoms with Crippen LogP contribution in [0.1, 0.15) is 106 Å². The molecule has 1 N–H and O–H groups in total. The van der Waals surface area contributed by atoms with Crippen LogP contribution in [0.4, 0.5) is 0 Å². The highest BCUT2D eigenvalue weighted by molar-refractivity contribution is 5.79. The second-order valence-corrected chi connectivity index (χ2v) is 12.4. The van der Waals surface area contributed by atoms with Crippen LogP contribution >= 0.6 is 0 Å². The Kier molecular flexibility index (Phi) is 6.19. The Morgan fingerprint density at radius 1 is 1.07 bits per heavy atom. The van der Waals surface area contributed by atoms with Gasteiger partial charge in [0.05, 0.1) is 0 Å². The average molecular weight is 414 g/mol. The van der Waals surface area contributed by atoms with Crippen LogP contribution in [-0.4, -0.2) is 5.91 Å². The fourth-order valence-electron chi connectivity index (χ4n) is 8.76. The molecule has 2 heteroatoms. The molecule has 3 fully saturated rings. The summed E-state index contributed by atoms with van der Waals surface area (Å²) in [6, 6.07) is 0. The van der Waals surface area contributed by atoms with E-state index in [1.807, 2.05) is 0 Å². The molecule has 0 bridgehead atoms. The van der Waals surface area contributed by atoms with Crippen LogP contribution in [0.5, 0.6) is 0 Å². The Morgan fingerprint density at radius 2 is 1.83 bits per heavy atom. The fraction of sp³-hybridized carbons (Fsp3) is 0.893. The van der Waals surface area contributed by atoms with Crippen molar-refractivity contribution in [2.24, 2.45) is 52.3 Å². The van der Waals surface area contributed by atoms with Gasteiger partial charge in [0.1, 0.15) is 0 Å². The zero-order chi connectivity index (χ0) is 21.7. The first-order chi connectivity index (χ1) is 14.2. The van der Waals surface area contributed by atoms with Crippen LogP contribution in [0, 0.1) is 52.3 Å². The van der Waals surface area contributed by atoms with Gasteiger partial charge < -0.3 is 5.32 Å². The molecule has 30 heavy (non-hydrogen) atoms. The van der Waals surface area contributed by atoms with E-state index in [2.05, 4.69) is 52.9 Å². The number of carbonyl (C=O) groups excluding carboxylic acids is 1. The molecule has 1 saturated heterocycles. The van der Waals surface area contributed by atoms with E-state index in [0.29, 0.717) is 17.8 Å². The largest absolute Gasteiger partial charge is 0.330 e. The number of nitrogens with one attached hydrogen (secondary N) is 1. The molecule has 4 rings (SSSR count). The minimum atomic E-state index is 0.201. The molecule has 0 aromatic carbocycles. The third-order valence-electron chi connectivity index (χ3n) is 10.5. The van der Waals surface area contributed by atoms with Gasteiger partial charge in [0.2, 0.25) is 5.91 Å². The summed E-state index contributed by atoms with van der Waals surface area (Å²) >= 11 is 0. The fourth-order valence-corrected chi connectivity index (χ4v) is 8.76. The average Bonchev–Trinajstić information content (AvgIpc) is 3.05. The van der Waals surface area contributed by atoms with E-state index in [1.165, 1.54) is 57.1 Å². The van der Waals surface area contributed by atoms with Gasteiger partial charge in [-0.15, -0.1) is 0 Å². The highest BCUT2D eigenvalue weighted by atomic mass is 16.1. The highest BCUT2D eigenvalue weighted by Crippen LogP contribution is 2.67. The van der Waals surface area contributed by atoms with Gasteiger partial charge in [-0.05, 0) is 85.4 Å². The lowest BCUT2D eigenvalue weighted by atomic mass is 9.46. The van der Waals surface area contributed by atoms with Crippen molar-refractivity contribution in [2.75, 3.05) is 0 Å². The summed E-state index contributed by atoms with van der Waals surface area (Å²) in [5, 5.41) is 3.31. The maximum absolute atomic E-state index is 12.1. The van der Waals surface area contributed by atoms with Crippen molar-refractivity contribution in [3.63, 3.8) is 0 Å². The molecule has 1 aliphatic heterocycles. The van der Waals surface area contributed by atoms with Gasteiger partial charge in [-0.25, -0.2) is 0 Å². The predicted molar refractivity (Wildman–Crippen MR) is 126 cm³/mol. The first-order valence-corrected chi connectivity index (χ1v) is 13.2. The van der Waals surface area contributed by atoms with Crippen LogP contribution in [-0.2, 0) is 4.79 Å². The Labute approximate surface area is 186 Å². The van der Waals surface area contributed by atoms with E-state index < -0.39 is 0 Å². The summed E-state index contributed by atoms with van der Waals surface area (Å²) in [5.74, 6) is 5.98. The number of allylic oxidation sites excluding steroid dienone is 2. The van der Waals surface area contributed by atoms with Crippen molar-refractivity contribution in [2.45, 2.75) is 106 Å². The number of rotatable bonds is 6. The van der Waals surface area contributed by atoms with E-state index in [4.69, 9.17) is 0 Å². The monoisotopic (exact) mass is 413 g/mol. The standard InChI is InChI=1S/C28H47NO/c1-7-20-17-24-28(6,16-14-25(30)29-24)23-13-15-27(5)21(11-12-22(27)26(20)23)19(4)10-8-9-18(2)3/h17-23,26H,7-16H2,1-6H3,(H,29,30)/t19-,20?,21-,22+,23+,26+,27-,28-/m1/s1. The second kappa shape index (κ2) is 8.28. The molecule has 1 unspecified atom stereocenters.